The van der Waals surface area contributed by atoms with Crippen molar-refractivity contribution < 1.29 is 14.3 Å². The zero-order chi connectivity index (χ0) is 17.3. The number of ether oxygens (including phenoxy) is 1. The lowest BCUT2D eigenvalue weighted by Gasteiger charge is -2.07. The van der Waals surface area contributed by atoms with E-state index in [0.29, 0.717) is 10.9 Å². The molecular weight excluding hydrogens is 304 g/mol. The number of nitrogens with two attached hydrogens (primary N) is 1. The molecule has 2 aromatic carbocycles. The zero-order valence-electron chi connectivity index (χ0n) is 13.6. The second-order valence-corrected chi connectivity index (χ2v) is 5.44. The van der Waals surface area contributed by atoms with Crippen LogP contribution in [0.25, 0.3) is 22.0 Å². The van der Waals surface area contributed by atoms with Gasteiger partial charge in [0.05, 0.1) is 17.8 Å². The second kappa shape index (κ2) is 6.20. The molecule has 0 aliphatic heterocycles. The molecule has 0 fully saturated rings. The van der Waals surface area contributed by atoms with Crippen LogP contribution in [0.3, 0.4) is 0 Å². The monoisotopic (exact) mass is 322 g/mol. The average Bonchev–Trinajstić information content (AvgIpc) is 2.88. The number of nitrogen functional groups attached to an aromatic ring is 1. The summed E-state index contributed by atoms with van der Waals surface area (Å²) in [4.78, 5) is 24.4. The molecule has 1 heterocycles. The lowest BCUT2D eigenvalue weighted by Crippen LogP contribution is -2.17. The molecule has 3 rings (SSSR count). The summed E-state index contributed by atoms with van der Waals surface area (Å²) < 4.78 is 6.38. The molecule has 0 spiro atoms. The number of benzene rings is 2. The van der Waals surface area contributed by atoms with Crippen molar-refractivity contribution in [3.05, 3.63) is 54.2 Å². The molecule has 0 amide bonds. The van der Waals surface area contributed by atoms with Gasteiger partial charge in [-0.2, -0.15) is 0 Å². The van der Waals surface area contributed by atoms with Gasteiger partial charge in [-0.15, -0.1) is 0 Å². The highest BCUT2D eigenvalue weighted by atomic mass is 16.5. The Labute approximate surface area is 139 Å². The molecule has 0 aliphatic rings. The van der Waals surface area contributed by atoms with Gasteiger partial charge in [-0.3, -0.25) is 9.36 Å². The minimum atomic E-state index is -0.595. The first kappa shape index (κ1) is 15.8. The van der Waals surface area contributed by atoms with E-state index in [9.17, 15) is 9.59 Å². The number of anilines is 1. The first-order valence-corrected chi connectivity index (χ1v) is 7.72. The van der Waals surface area contributed by atoms with E-state index >= 15 is 0 Å². The maximum atomic E-state index is 12.2. The van der Waals surface area contributed by atoms with Crippen molar-refractivity contribution >= 4 is 28.5 Å². The first-order valence-electron chi connectivity index (χ1n) is 7.72. The third-order valence-corrected chi connectivity index (χ3v) is 3.90. The van der Waals surface area contributed by atoms with Gasteiger partial charge < -0.3 is 10.5 Å². The number of fused-ring (bicyclic) bond motifs is 1. The van der Waals surface area contributed by atoms with E-state index in [0.717, 1.165) is 11.1 Å². The van der Waals surface area contributed by atoms with E-state index < -0.39 is 5.97 Å². The Bertz CT molecular complexity index is 927. The van der Waals surface area contributed by atoms with Crippen LogP contribution in [0, 0.1) is 0 Å². The predicted molar refractivity (Wildman–Crippen MR) is 94.0 cm³/mol. The summed E-state index contributed by atoms with van der Waals surface area (Å²) in [6.45, 7) is 3.33. The number of carbonyl (C=O) groups is 2. The summed E-state index contributed by atoms with van der Waals surface area (Å²) in [6.07, 6.45) is 0. The number of rotatable bonds is 3. The maximum Gasteiger partial charge on any atom is 0.357 e. The number of aromatic nitrogens is 1. The molecule has 0 atom stereocenters. The van der Waals surface area contributed by atoms with Crippen LogP contribution in [0.1, 0.15) is 29.1 Å². The van der Waals surface area contributed by atoms with Crippen molar-refractivity contribution in [1.29, 1.82) is 0 Å². The van der Waals surface area contributed by atoms with Crippen molar-refractivity contribution in [3.8, 4) is 11.1 Å². The second-order valence-electron chi connectivity index (χ2n) is 5.44. The van der Waals surface area contributed by atoms with Crippen molar-refractivity contribution in [1.82, 2.24) is 4.57 Å². The van der Waals surface area contributed by atoms with Crippen molar-refractivity contribution in [2.24, 2.45) is 0 Å². The molecule has 1 aromatic heterocycles. The summed E-state index contributed by atoms with van der Waals surface area (Å²) in [5.74, 6) is -0.882. The minimum absolute atomic E-state index is 0.0876. The highest BCUT2D eigenvalue weighted by Crippen LogP contribution is 2.32. The van der Waals surface area contributed by atoms with E-state index in [4.69, 9.17) is 10.5 Å². The van der Waals surface area contributed by atoms with Gasteiger partial charge in [0, 0.05) is 12.3 Å². The van der Waals surface area contributed by atoms with Gasteiger partial charge in [0.25, 0.3) is 0 Å². The van der Waals surface area contributed by atoms with E-state index in [1.807, 2.05) is 48.5 Å². The summed E-state index contributed by atoms with van der Waals surface area (Å²) >= 11 is 0. The van der Waals surface area contributed by atoms with E-state index in [-0.39, 0.29) is 23.9 Å². The van der Waals surface area contributed by atoms with Crippen molar-refractivity contribution in [2.45, 2.75) is 13.8 Å². The number of hydrogen-bond acceptors (Lipinski definition) is 4. The van der Waals surface area contributed by atoms with Crippen LogP contribution in [0.2, 0.25) is 0 Å². The lowest BCUT2D eigenvalue weighted by molar-refractivity contribution is 0.0511. The normalized spacial score (nSPS) is 10.8. The Kier molecular flexibility index (Phi) is 4.08. The van der Waals surface area contributed by atoms with Crippen LogP contribution < -0.4 is 5.73 Å². The van der Waals surface area contributed by atoms with Crippen LogP contribution in [-0.2, 0) is 4.74 Å². The van der Waals surface area contributed by atoms with Crippen molar-refractivity contribution in [3.63, 3.8) is 0 Å². The minimum Gasteiger partial charge on any atom is -0.461 e. The maximum absolute atomic E-state index is 12.2. The molecule has 122 valence electrons. The van der Waals surface area contributed by atoms with E-state index in [2.05, 4.69) is 0 Å². The molecular formula is C19H18N2O3. The van der Waals surface area contributed by atoms with Crippen molar-refractivity contribution in [2.75, 3.05) is 12.3 Å². The largest absolute Gasteiger partial charge is 0.461 e. The summed E-state index contributed by atoms with van der Waals surface area (Å²) in [7, 11) is 0. The molecule has 0 radical (unpaired) electrons. The Morgan fingerprint density at radius 3 is 2.42 bits per heavy atom. The van der Waals surface area contributed by atoms with Crippen LogP contribution in [0.15, 0.2) is 48.5 Å². The highest BCUT2D eigenvalue weighted by Gasteiger charge is 2.24. The molecule has 0 saturated heterocycles. The highest BCUT2D eigenvalue weighted by molar-refractivity contribution is 6.11. The van der Waals surface area contributed by atoms with Gasteiger partial charge in [0.2, 0.25) is 5.91 Å². The fraction of sp³-hybridized carbons (Fsp3) is 0.158. The molecule has 3 aromatic rings. The standard InChI is InChI=1S/C19H18N2O3/c1-3-24-19(23)18-17(20)15-10-9-14(13-7-5-4-6-8-13)11-16(15)21(18)12(2)22/h4-11H,3,20H2,1-2H3. The molecule has 2 N–H and O–H groups in total. The Morgan fingerprint density at radius 1 is 1.08 bits per heavy atom. The SMILES string of the molecule is CCOC(=O)c1c(N)c2ccc(-c3ccccc3)cc2n1C(C)=O. The first-order chi connectivity index (χ1) is 11.5. The molecule has 0 unspecified atom stereocenters. The third kappa shape index (κ3) is 2.54. The fourth-order valence-electron chi connectivity index (χ4n) is 2.85. The van der Waals surface area contributed by atoms with E-state index in [1.54, 1.807) is 6.92 Å². The van der Waals surface area contributed by atoms with Crippen LogP contribution in [0.5, 0.6) is 0 Å². The fourth-order valence-corrected chi connectivity index (χ4v) is 2.85. The molecule has 5 heteroatoms. The topological polar surface area (TPSA) is 74.3 Å². The van der Waals surface area contributed by atoms with Crippen LogP contribution >= 0.6 is 0 Å². The molecule has 0 bridgehead atoms. The third-order valence-electron chi connectivity index (χ3n) is 3.90. The van der Waals surface area contributed by atoms with Gasteiger partial charge in [0.1, 0.15) is 0 Å². The Morgan fingerprint density at radius 2 is 1.79 bits per heavy atom. The molecule has 24 heavy (non-hydrogen) atoms. The quantitative estimate of drug-likeness (QED) is 0.746. The summed E-state index contributed by atoms with van der Waals surface area (Å²) in [5, 5.41) is 0.660. The van der Waals surface area contributed by atoms with Gasteiger partial charge >= 0.3 is 5.97 Å². The zero-order valence-corrected chi connectivity index (χ0v) is 13.6. The number of hydrogen-bond donors (Lipinski definition) is 1. The Hall–Kier alpha value is -3.08. The molecule has 5 nitrogen and oxygen atoms in total. The van der Waals surface area contributed by atoms with E-state index in [1.165, 1.54) is 11.5 Å². The molecule has 0 aliphatic carbocycles. The number of esters is 1. The smallest absolute Gasteiger partial charge is 0.357 e. The average molecular weight is 322 g/mol. The van der Waals surface area contributed by atoms with Gasteiger partial charge in [-0.25, -0.2) is 4.79 Å². The lowest BCUT2D eigenvalue weighted by atomic mass is 10.0. The molecule has 0 saturated carbocycles. The van der Waals surface area contributed by atoms with Gasteiger partial charge in [-0.1, -0.05) is 42.5 Å². The number of carbonyl (C=O) groups excluding carboxylic acids is 2. The predicted octanol–water partition coefficient (Wildman–Crippen LogP) is 3.73. The Balaban J connectivity index is 2.28. The number of nitrogens with zero attached hydrogens (tertiary/aromatic N) is 1. The van der Waals surface area contributed by atoms with Gasteiger partial charge in [-0.05, 0) is 24.1 Å². The van der Waals surface area contributed by atoms with Crippen LogP contribution in [0.4, 0.5) is 5.69 Å². The van der Waals surface area contributed by atoms with Gasteiger partial charge in [0.15, 0.2) is 5.69 Å². The summed E-state index contributed by atoms with van der Waals surface area (Å²) in [6, 6.07) is 15.4. The summed E-state index contributed by atoms with van der Waals surface area (Å²) in [5.41, 5.74) is 9.04. The van der Waals surface area contributed by atoms with Crippen LogP contribution in [-0.4, -0.2) is 23.1 Å².